The molecule has 2 aromatic heterocycles. The molecule has 0 spiro atoms. The van der Waals surface area contributed by atoms with Crippen molar-refractivity contribution in [2.45, 2.75) is 46.4 Å². The molecule has 2 atom stereocenters. The highest BCUT2D eigenvalue weighted by atomic mass is 35.5. The number of pyridine rings is 1. The Morgan fingerprint density at radius 1 is 1.12 bits per heavy atom. The van der Waals surface area contributed by atoms with Crippen LogP contribution in [0, 0.1) is 13.8 Å². The van der Waals surface area contributed by atoms with Crippen molar-refractivity contribution in [1.29, 1.82) is 0 Å². The van der Waals surface area contributed by atoms with Gasteiger partial charge >= 0.3 is 0 Å². The van der Waals surface area contributed by atoms with Crippen molar-refractivity contribution in [3.05, 3.63) is 64.1 Å². The van der Waals surface area contributed by atoms with Gasteiger partial charge in [-0.1, -0.05) is 22.9 Å². The number of ether oxygens (including phenoxy) is 1. The number of rotatable bonds is 5. The van der Waals surface area contributed by atoms with Crippen LogP contribution in [0.25, 0.3) is 10.4 Å². The van der Waals surface area contributed by atoms with E-state index in [0.29, 0.717) is 17.1 Å². The predicted molar refractivity (Wildman–Crippen MR) is 130 cm³/mol. The number of anilines is 1. The molecular weight excluding hydrogens is 444 g/mol. The maximum absolute atomic E-state index is 12.7. The van der Waals surface area contributed by atoms with Crippen LogP contribution < -0.4 is 10.2 Å². The highest BCUT2D eigenvalue weighted by molar-refractivity contribution is 7.19. The number of hydrogen-bond acceptors (Lipinski definition) is 6. The molecule has 3 aromatic rings. The largest absolute Gasteiger partial charge is 0.372 e. The lowest BCUT2D eigenvalue weighted by Gasteiger charge is -2.35. The van der Waals surface area contributed by atoms with Crippen LogP contribution in [-0.4, -0.2) is 41.2 Å². The zero-order valence-electron chi connectivity index (χ0n) is 18.7. The zero-order chi connectivity index (χ0) is 22.8. The molecule has 4 rings (SSSR count). The Bertz CT molecular complexity index is 1090. The summed E-state index contributed by atoms with van der Waals surface area (Å²) in [6, 6.07) is 11.0. The molecule has 1 fully saturated rings. The summed E-state index contributed by atoms with van der Waals surface area (Å²) in [4.78, 5) is 25.4. The first kappa shape index (κ1) is 22.7. The van der Waals surface area contributed by atoms with Gasteiger partial charge < -0.3 is 15.0 Å². The number of aromatic nitrogens is 2. The van der Waals surface area contributed by atoms with E-state index in [0.717, 1.165) is 45.7 Å². The molecule has 1 N–H and O–H groups in total. The van der Waals surface area contributed by atoms with Crippen molar-refractivity contribution >= 4 is 34.0 Å². The molecule has 1 aliphatic rings. The average molecular weight is 471 g/mol. The Morgan fingerprint density at radius 3 is 2.38 bits per heavy atom. The third-order valence-electron chi connectivity index (χ3n) is 5.24. The summed E-state index contributed by atoms with van der Waals surface area (Å²) in [5, 5.41) is 4.56. The van der Waals surface area contributed by atoms with Crippen molar-refractivity contribution in [2.75, 3.05) is 18.0 Å². The lowest BCUT2D eigenvalue weighted by atomic mass is 10.1. The van der Waals surface area contributed by atoms with Crippen molar-refractivity contribution in [2.24, 2.45) is 0 Å². The summed E-state index contributed by atoms with van der Waals surface area (Å²) in [5.74, 6) is -0.155. The van der Waals surface area contributed by atoms with Gasteiger partial charge in [0.2, 0.25) is 0 Å². The first-order valence-electron chi connectivity index (χ1n) is 10.7. The van der Waals surface area contributed by atoms with Gasteiger partial charge in [-0.15, -0.1) is 0 Å². The molecule has 168 valence electrons. The number of hydrogen-bond donors (Lipinski definition) is 1. The van der Waals surface area contributed by atoms with E-state index < -0.39 is 0 Å². The number of morpholine rings is 1. The van der Waals surface area contributed by atoms with Gasteiger partial charge in [0.1, 0.15) is 0 Å². The maximum atomic E-state index is 12.7. The second-order valence-electron chi connectivity index (χ2n) is 8.26. The summed E-state index contributed by atoms with van der Waals surface area (Å²) < 4.78 is 5.89. The number of nitrogens with zero attached hydrogens (tertiary/aromatic N) is 3. The standard InChI is InChI=1S/C24H27ClN4O2S/c1-14-9-19(10-15(2)27-14)22-21(11-26-23(30)18-5-7-20(25)8-6-18)28-24(32-22)29-12-16(3)31-17(4)13-29/h5-10,16-17H,11-13H2,1-4H3,(H,26,30). The number of nitrogens with one attached hydrogen (secondary N) is 1. The fraction of sp³-hybridized carbons (Fsp3) is 0.375. The summed E-state index contributed by atoms with van der Waals surface area (Å²) in [6.07, 6.45) is 0.286. The second kappa shape index (κ2) is 9.57. The third kappa shape index (κ3) is 5.28. The maximum Gasteiger partial charge on any atom is 0.251 e. The van der Waals surface area contributed by atoms with E-state index in [9.17, 15) is 4.79 Å². The highest BCUT2D eigenvalue weighted by Crippen LogP contribution is 2.36. The molecule has 32 heavy (non-hydrogen) atoms. The number of thiazole rings is 1. The van der Waals surface area contributed by atoms with Crippen molar-refractivity contribution in [1.82, 2.24) is 15.3 Å². The molecule has 0 aliphatic carbocycles. The number of aryl methyl sites for hydroxylation is 2. The number of halogens is 1. The Labute approximate surface area is 197 Å². The Morgan fingerprint density at radius 2 is 1.75 bits per heavy atom. The monoisotopic (exact) mass is 470 g/mol. The molecule has 1 saturated heterocycles. The summed E-state index contributed by atoms with van der Waals surface area (Å²) >= 11 is 7.59. The average Bonchev–Trinajstić information content (AvgIpc) is 3.15. The normalized spacial score (nSPS) is 18.6. The first-order chi connectivity index (χ1) is 15.3. The van der Waals surface area contributed by atoms with Crippen molar-refractivity contribution in [3.8, 4) is 10.4 Å². The molecule has 3 heterocycles. The number of amides is 1. The molecule has 0 radical (unpaired) electrons. The van der Waals surface area contributed by atoms with Crippen LogP contribution >= 0.6 is 22.9 Å². The van der Waals surface area contributed by atoms with Gasteiger partial charge in [-0.3, -0.25) is 9.78 Å². The molecule has 2 unspecified atom stereocenters. The smallest absolute Gasteiger partial charge is 0.251 e. The summed E-state index contributed by atoms with van der Waals surface area (Å²) in [6.45, 7) is 10.1. The van der Waals surface area contributed by atoms with Crippen LogP contribution in [0.5, 0.6) is 0 Å². The van der Waals surface area contributed by atoms with Crippen molar-refractivity contribution in [3.63, 3.8) is 0 Å². The fourth-order valence-corrected chi connectivity index (χ4v) is 5.20. The van der Waals surface area contributed by atoms with Gasteiger partial charge in [-0.05, 0) is 69.7 Å². The lowest BCUT2D eigenvalue weighted by Crippen LogP contribution is -2.45. The summed E-state index contributed by atoms with van der Waals surface area (Å²) in [5.41, 5.74) is 4.41. The summed E-state index contributed by atoms with van der Waals surface area (Å²) in [7, 11) is 0. The van der Waals surface area contributed by atoms with Crippen LogP contribution in [0.15, 0.2) is 36.4 Å². The van der Waals surface area contributed by atoms with Crippen LogP contribution in [0.4, 0.5) is 5.13 Å². The van der Waals surface area contributed by atoms with E-state index in [1.165, 1.54) is 0 Å². The Balaban J connectivity index is 1.63. The van der Waals surface area contributed by atoms with Crippen LogP contribution in [0.2, 0.25) is 5.02 Å². The Hall–Kier alpha value is -2.48. The minimum absolute atomic E-state index is 0.143. The van der Waals surface area contributed by atoms with E-state index in [4.69, 9.17) is 21.3 Å². The number of carbonyl (C=O) groups excluding carboxylic acids is 1. The predicted octanol–water partition coefficient (Wildman–Crippen LogP) is 5.02. The SMILES string of the molecule is Cc1cc(-c2sc(N3CC(C)OC(C)C3)nc2CNC(=O)c2ccc(Cl)cc2)cc(C)n1. The van der Waals surface area contributed by atoms with E-state index >= 15 is 0 Å². The topological polar surface area (TPSA) is 67.3 Å². The van der Waals surface area contributed by atoms with E-state index in [1.807, 2.05) is 13.8 Å². The van der Waals surface area contributed by atoms with Gasteiger partial charge in [0.25, 0.3) is 5.91 Å². The van der Waals surface area contributed by atoms with Gasteiger partial charge in [0, 0.05) is 35.1 Å². The van der Waals surface area contributed by atoms with E-state index in [2.05, 4.69) is 41.2 Å². The molecular formula is C24H27ClN4O2S. The van der Waals surface area contributed by atoms with Crippen molar-refractivity contribution < 1.29 is 9.53 Å². The minimum Gasteiger partial charge on any atom is -0.372 e. The number of carbonyl (C=O) groups is 1. The van der Waals surface area contributed by atoms with Crippen LogP contribution in [-0.2, 0) is 11.3 Å². The van der Waals surface area contributed by atoms with Gasteiger partial charge in [0.15, 0.2) is 5.13 Å². The molecule has 6 nitrogen and oxygen atoms in total. The lowest BCUT2D eigenvalue weighted by molar-refractivity contribution is -0.00523. The zero-order valence-corrected chi connectivity index (χ0v) is 20.3. The first-order valence-corrected chi connectivity index (χ1v) is 11.9. The molecule has 1 aliphatic heterocycles. The van der Waals surface area contributed by atoms with Crippen LogP contribution in [0.3, 0.4) is 0 Å². The van der Waals surface area contributed by atoms with Crippen LogP contribution in [0.1, 0.15) is 41.3 Å². The highest BCUT2D eigenvalue weighted by Gasteiger charge is 2.26. The second-order valence-corrected chi connectivity index (χ2v) is 9.68. The van der Waals surface area contributed by atoms with Gasteiger partial charge in [0.05, 0.1) is 29.3 Å². The molecule has 1 aromatic carbocycles. The quantitative estimate of drug-likeness (QED) is 0.567. The Kier molecular flexibility index (Phi) is 6.79. The third-order valence-corrected chi connectivity index (χ3v) is 6.70. The molecule has 0 bridgehead atoms. The van der Waals surface area contributed by atoms with E-state index in [-0.39, 0.29) is 18.1 Å². The van der Waals surface area contributed by atoms with Gasteiger partial charge in [-0.25, -0.2) is 4.98 Å². The minimum atomic E-state index is -0.155. The number of benzene rings is 1. The van der Waals surface area contributed by atoms with E-state index in [1.54, 1.807) is 35.6 Å². The molecule has 8 heteroatoms. The molecule has 0 saturated carbocycles. The molecule has 1 amide bonds. The fourth-order valence-electron chi connectivity index (χ4n) is 3.99. The van der Waals surface area contributed by atoms with Gasteiger partial charge in [-0.2, -0.15) is 0 Å².